The predicted octanol–water partition coefficient (Wildman–Crippen LogP) is 3.22. The molecule has 1 unspecified atom stereocenters. The Balaban J connectivity index is 2.61. The molecule has 1 nitrogen and oxygen atoms in total. The second kappa shape index (κ2) is 3.46. The molecule has 0 aliphatic rings. The molecule has 0 aromatic heterocycles. The van der Waals surface area contributed by atoms with Gasteiger partial charge in [-0.25, -0.2) is 4.39 Å². The number of fused-ring (bicyclic) bond motifs is 1. The van der Waals surface area contributed by atoms with E-state index in [2.05, 4.69) is 0 Å². The quantitative estimate of drug-likeness (QED) is 0.683. The van der Waals surface area contributed by atoms with Crippen LogP contribution in [0.1, 0.15) is 12.5 Å². The largest absolute Gasteiger partial charge is 0.299 e. The van der Waals surface area contributed by atoms with Crippen LogP contribution in [-0.2, 0) is 10.5 Å². The van der Waals surface area contributed by atoms with Crippen molar-refractivity contribution < 1.29 is 9.18 Å². The third-order valence-electron chi connectivity index (χ3n) is 2.54. The lowest BCUT2D eigenvalue weighted by atomic mass is 9.96. The third kappa shape index (κ3) is 1.75. The van der Waals surface area contributed by atoms with Gasteiger partial charge in [-0.1, -0.05) is 36.4 Å². The van der Waals surface area contributed by atoms with Crippen LogP contribution in [0.4, 0.5) is 4.39 Å². The Kier molecular flexibility index (Phi) is 2.27. The Morgan fingerprint density at radius 3 is 2.47 bits per heavy atom. The smallest absolute Gasteiger partial charge is 0.187 e. The fraction of sp³-hybridized carbons (Fsp3) is 0.154. The molecule has 0 aliphatic carbocycles. The number of halogens is 1. The summed E-state index contributed by atoms with van der Waals surface area (Å²) < 4.78 is 13.7. The molecule has 0 fully saturated rings. The molecule has 2 aromatic rings. The van der Waals surface area contributed by atoms with Gasteiger partial charge in [-0.05, 0) is 29.3 Å². The molecule has 2 rings (SSSR count). The van der Waals surface area contributed by atoms with E-state index in [-0.39, 0.29) is 0 Å². The van der Waals surface area contributed by atoms with Crippen LogP contribution in [0.3, 0.4) is 0 Å². The molecule has 0 spiro atoms. The van der Waals surface area contributed by atoms with Gasteiger partial charge in [-0.15, -0.1) is 0 Å². The minimum atomic E-state index is -1.90. The highest BCUT2D eigenvalue weighted by Gasteiger charge is 2.24. The van der Waals surface area contributed by atoms with E-state index < -0.39 is 5.67 Å². The zero-order valence-electron chi connectivity index (χ0n) is 8.41. The number of benzene rings is 2. The molecule has 0 N–H and O–H groups in total. The van der Waals surface area contributed by atoms with Crippen molar-refractivity contribution in [2.45, 2.75) is 12.6 Å². The van der Waals surface area contributed by atoms with Crippen molar-refractivity contribution in [2.75, 3.05) is 0 Å². The van der Waals surface area contributed by atoms with Gasteiger partial charge in [-0.3, -0.25) is 4.79 Å². The molecule has 15 heavy (non-hydrogen) atoms. The van der Waals surface area contributed by atoms with E-state index in [1.807, 2.05) is 30.3 Å². The highest BCUT2D eigenvalue weighted by atomic mass is 19.1. The molecule has 0 aliphatic heterocycles. The Morgan fingerprint density at radius 2 is 1.80 bits per heavy atom. The maximum Gasteiger partial charge on any atom is 0.187 e. The lowest BCUT2D eigenvalue weighted by Gasteiger charge is -2.13. The molecule has 0 heterocycles. The predicted molar refractivity (Wildman–Crippen MR) is 58.5 cm³/mol. The average Bonchev–Trinajstić information content (AvgIpc) is 2.28. The minimum Gasteiger partial charge on any atom is -0.299 e. The summed E-state index contributed by atoms with van der Waals surface area (Å²) in [5, 5.41) is 1.99. The number of aldehydes is 1. The van der Waals surface area contributed by atoms with Crippen molar-refractivity contribution in [1.29, 1.82) is 0 Å². The van der Waals surface area contributed by atoms with Crippen LogP contribution in [0.5, 0.6) is 0 Å². The highest BCUT2D eigenvalue weighted by Crippen LogP contribution is 2.26. The van der Waals surface area contributed by atoms with Crippen molar-refractivity contribution >= 4 is 17.1 Å². The standard InChI is InChI=1S/C13H11FO/c1-13(14,9-15)12-7-6-10-4-2-3-5-11(10)8-12/h2-9H,1H3. The van der Waals surface area contributed by atoms with Crippen molar-refractivity contribution in [2.24, 2.45) is 0 Å². The van der Waals surface area contributed by atoms with Crippen LogP contribution in [0.2, 0.25) is 0 Å². The van der Waals surface area contributed by atoms with Crippen LogP contribution in [0.15, 0.2) is 42.5 Å². The van der Waals surface area contributed by atoms with Crippen LogP contribution >= 0.6 is 0 Å². The van der Waals surface area contributed by atoms with Gasteiger partial charge in [0.05, 0.1) is 0 Å². The molecule has 2 heteroatoms. The number of alkyl halides is 1. The van der Waals surface area contributed by atoms with Gasteiger partial charge in [0.2, 0.25) is 0 Å². The molecule has 1 atom stereocenters. The van der Waals surface area contributed by atoms with Crippen LogP contribution < -0.4 is 0 Å². The van der Waals surface area contributed by atoms with Crippen molar-refractivity contribution in [3.8, 4) is 0 Å². The highest BCUT2D eigenvalue weighted by molar-refractivity contribution is 5.84. The Morgan fingerprint density at radius 1 is 1.13 bits per heavy atom. The number of hydrogen-bond donors (Lipinski definition) is 0. The third-order valence-corrected chi connectivity index (χ3v) is 2.54. The number of rotatable bonds is 2. The van der Waals surface area contributed by atoms with E-state index in [1.165, 1.54) is 6.92 Å². The summed E-state index contributed by atoms with van der Waals surface area (Å²) in [6.45, 7) is 1.27. The van der Waals surface area contributed by atoms with Gasteiger partial charge in [0.25, 0.3) is 0 Å². The zero-order chi connectivity index (χ0) is 10.9. The lowest BCUT2D eigenvalue weighted by Crippen LogP contribution is -2.16. The fourth-order valence-electron chi connectivity index (χ4n) is 1.56. The van der Waals surface area contributed by atoms with E-state index in [4.69, 9.17) is 0 Å². The average molecular weight is 202 g/mol. The number of hydrogen-bond acceptors (Lipinski definition) is 1. The van der Waals surface area contributed by atoms with E-state index >= 15 is 0 Å². The van der Waals surface area contributed by atoms with Gasteiger partial charge in [0.1, 0.15) is 0 Å². The first-order valence-corrected chi connectivity index (χ1v) is 4.78. The number of carbonyl (C=O) groups excluding carboxylic acids is 1. The van der Waals surface area contributed by atoms with Crippen molar-refractivity contribution in [3.63, 3.8) is 0 Å². The second-order valence-corrected chi connectivity index (χ2v) is 3.76. The van der Waals surface area contributed by atoms with Gasteiger partial charge in [0, 0.05) is 0 Å². The Hall–Kier alpha value is -1.70. The van der Waals surface area contributed by atoms with Crippen LogP contribution in [0, 0.1) is 0 Å². The van der Waals surface area contributed by atoms with Gasteiger partial charge >= 0.3 is 0 Å². The van der Waals surface area contributed by atoms with Crippen molar-refractivity contribution in [1.82, 2.24) is 0 Å². The Labute approximate surface area is 87.5 Å². The maximum atomic E-state index is 13.7. The summed E-state index contributed by atoms with van der Waals surface area (Å²) in [6.07, 6.45) is 0.330. The lowest BCUT2D eigenvalue weighted by molar-refractivity contribution is -0.117. The van der Waals surface area contributed by atoms with Gasteiger partial charge in [0.15, 0.2) is 12.0 Å². The first kappa shape index (κ1) is 9.84. The molecule has 0 amide bonds. The first-order valence-electron chi connectivity index (χ1n) is 4.78. The summed E-state index contributed by atoms with van der Waals surface area (Å²) >= 11 is 0. The number of carbonyl (C=O) groups is 1. The van der Waals surface area contributed by atoms with E-state index in [1.54, 1.807) is 12.1 Å². The minimum absolute atomic E-state index is 0.330. The molecule has 2 aromatic carbocycles. The van der Waals surface area contributed by atoms with Gasteiger partial charge in [-0.2, -0.15) is 0 Å². The molecule has 0 saturated carbocycles. The molecular weight excluding hydrogens is 191 g/mol. The molecule has 0 saturated heterocycles. The maximum absolute atomic E-state index is 13.7. The molecule has 0 bridgehead atoms. The van der Waals surface area contributed by atoms with Crippen LogP contribution in [0.25, 0.3) is 10.8 Å². The molecule has 76 valence electrons. The Bertz CT molecular complexity index is 503. The normalized spacial score (nSPS) is 14.8. The fourth-order valence-corrected chi connectivity index (χ4v) is 1.56. The van der Waals surface area contributed by atoms with Crippen molar-refractivity contribution in [3.05, 3.63) is 48.0 Å². The monoisotopic (exact) mass is 202 g/mol. The SMILES string of the molecule is CC(F)(C=O)c1ccc2ccccc2c1. The second-order valence-electron chi connectivity index (χ2n) is 3.76. The summed E-state index contributed by atoms with van der Waals surface area (Å²) in [7, 11) is 0. The van der Waals surface area contributed by atoms with Crippen LogP contribution in [-0.4, -0.2) is 6.29 Å². The summed E-state index contributed by atoms with van der Waals surface area (Å²) in [5.41, 5.74) is -1.50. The van der Waals surface area contributed by atoms with Gasteiger partial charge < -0.3 is 0 Å². The first-order chi connectivity index (χ1) is 7.13. The molecular formula is C13H11FO. The van der Waals surface area contributed by atoms with E-state index in [0.717, 1.165) is 10.8 Å². The summed E-state index contributed by atoms with van der Waals surface area (Å²) in [5.74, 6) is 0. The summed E-state index contributed by atoms with van der Waals surface area (Å²) in [6, 6.07) is 12.9. The molecule has 0 radical (unpaired) electrons. The van der Waals surface area contributed by atoms with E-state index in [0.29, 0.717) is 11.8 Å². The zero-order valence-corrected chi connectivity index (χ0v) is 8.41. The summed E-state index contributed by atoms with van der Waals surface area (Å²) in [4.78, 5) is 10.6. The topological polar surface area (TPSA) is 17.1 Å². The van der Waals surface area contributed by atoms with E-state index in [9.17, 15) is 9.18 Å².